The zero-order valence-electron chi connectivity index (χ0n) is 12.4. The molecule has 1 aromatic rings. The van der Waals surface area contributed by atoms with Crippen molar-refractivity contribution in [3.63, 3.8) is 0 Å². The summed E-state index contributed by atoms with van der Waals surface area (Å²) in [6, 6.07) is 0. The highest BCUT2D eigenvalue weighted by Crippen LogP contribution is 2.40. The van der Waals surface area contributed by atoms with Gasteiger partial charge in [-0.1, -0.05) is 0 Å². The normalized spacial score (nSPS) is 24.3. The minimum absolute atomic E-state index is 0.0990. The van der Waals surface area contributed by atoms with Gasteiger partial charge in [0.05, 0.1) is 5.69 Å². The molecular formula is C17H22N2O2. The van der Waals surface area contributed by atoms with E-state index in [-0.39, 0.29) is 18.4 Å². The number of aliphatic hydroxyl groups excluding tert-OH is 1. The van der Waals surface area contributed by atoms with E-state index < -0.39 is 0 Å². The number of nitrogens with zero attached hydrogens (tertiary/aromatic N) is 2. The standard InChI is InChI=1S/C17H22N2O2/c20-10-11-8-16(21)19(9-11)17-12-4-1-2-6-14(12)18-15-7-3-5-13(15)17/h11,20H,1-10H2. The van der Waals surface area contributed by atoms with Crippen LogP contribution >= 0.6 is 0 Å². The molecule has 1 N–H and O–H groups in total. The zero-order chi connectivity index (χ0) is 14.4. The van der Waals surface area contributed by atoms with E-state index in [2.05, 4.69) is 0 Å². The van der Waals surface area contributed by atoms with Crippen LogP contribution in [0.3, 0.4) is 0 Å². The monoisotopic (exact) mass is 286 g/mol. The van der Waals surface area contributed by atoms with Gasteiger partial charge in [-0.25, -0.2) is 0 Å². The average molecular weight is 286 g/mol. The number of hydrogen-bond acceptors (Lipinski definition) is 3. The fourth-order valence-corrected chi connectivity index (χ4v) is 4.16. The Kier molecular flexibility index (Phi) is 3.21. The second kappa shape index (κ2) is 5.09. The van der Waals surface area contributed by atoms with Crippen LogP contribution in [0.15, 0.2) is 0 Å². The third-order valence-electron chi connectivity index (χ3n) is 5.20. The van der Waals surface area contributed by atoms with E-state index in [0.717, 1.165) is 32.1 Å². The molecule has 0 aromatic carbocycles. The Bertz CT molecular complexity index is 597. The third-order valence-corrected chi connectivity index (χ3v) is 5.20. The second-order valence-electron chi connectivity index (χ2n) is 6.63. The third kappa shape index (κ3) is 2.08. The van der Waals surface area contributed by atoms with E-state index in [1.54, 1.807) is 0 Å². The molecule has 1 atom stereocenters. The largest absolute Gasteiger partial charge is 0.396 e. The molecule has 1 fully saturated rings. The van der Waals surface area contributed by atoms with Crippen molar-refractivity contribution in [3.05, 3.63) is 22.5 Å². The van der Waals surface area contributed by atoms with Gasteiger partial charge in [0.15, 0.2) is 0 Å². The first kappa shape index (κ1) is 13.3. The van der Waals surface area contributed by atoms with Crippen molar-refractivity contribution in [2.75, 3.05) is 18.1 Å². The highest BCUT2D eigenvalue weighted by atomic mass is 16.3. The lowest BCUT2D eigenvalue weighted by Gasteiger charge is -2.27. The van der Waals surface area contributed by atoms with Crippen molar-refractivity contribution in [1.29, 1.82) is 0 Å². The number of anilines is 1. The van der Waals surface area contributed by atoms with Gasteiger partial charge in [-0.15, -0.1) is 0 Å². The fraction of sp³-hybridized carbons (Fsp3) is 0.647. The molecule has 1 aliphatic heterocycles. The predicted molar refractivity (Wildman–Crippen MR) is 80.4 cm³/mol. The number of aliphatic hydroxyl groups is 1. The van der Waals surface area contributed by atoms with Crippen LogP contribution in [0.2, 0.25) is 0 Å². The van der Waals surface area contributed by atoms with Crippen LogP contribution in [0.25, 0.3) is 0 Å². The number of pyridine rings is 1. The number of rotatable bonds is 2. The number of aryl methyl sites for hydroxylation is 2. The molecule has 1 saturated heterocycles. The SMILES string of the molecule is O=C1CC(CO)CN1c1c2c(nc3c1CCC3)CCCC2. The van der Waals surface area contributed by atoms with Gasteiger partial charge in [0.1, 0.15) is 0 Å². The van der Waals surface area contributed by atoms with Crippen molar-refractivity contribution in [1.82, 2.24) is 4.98 Å². The van der Waals surface area contributed by atoms with E-state index in [9.17, 15) is 9.90 Å². The molecule has 21 heavy (non-hydrogen) atoms. The molecule has 0 spiro atoms. The number of amides is 1. The second-order valence-corrected chi connectivity index (χ2v) is 6.63. The Hall–Kier alpha value is -1.42. The molecule has 1 aromatic heterocycles. The van der Waals surface area contributed by atoms with Gasteiger partial charge >= 0.3 is 0 Å². The maximum absolute atomic E-state index is 12.4. The Labute approximate surface area is 125 Å². The molecule has 4 rings (SSSR count). The summed E-state index contributed by atoms with van der Waals surface area (Å²) in [5.41, 5.74) is 6.30. The van der Waals surface area contributed by atoms with Crippen LogP contribution < -0.4 is 4.90 Å². The van der Waals surface area contributed by atoms with Crippen LogP contribution in [0, 0.1) is 5.92 Å². The molecule has 0 radical (unpaired) electrons. The first-order chi connectivity index (χ1) is 10.3. The van der Waals surface area contributed by atoms with Gasteiger partial charge in [0, 0.05) is 36.9 Å². The summed E-state index contributed by atoms with van der Waals surface area (Å²) in [6.07, 6.45) is 8.28. The molecule has 1 unspecified atom stereocenters. The van der Waals surface area contributed by atoms with E-state index >= 15 is 0 Å². The van der Waals surface area contributed by atoms with E-state index in [0.29, 0.717) is 13.0 Å². The summed E-state index contributed by atoms with van der Waals surface area (Å²) in [7, 11) is 0. The number of aromatic nitrogens is 1. The zero-order valence-corrected chi connectivity index (χ0v) is 12.4. The van der Waals surface area contributed by atoms with Crippen LogP contribution in [0.4, 0.5) is 5.69 Å². The molecule has 4 heteroatoms. The van der Waals surface area contributed by atoms with Crippen LogP contribution in [0.1, 0.15) is 48.2 Å². The quantitative estimate of drug-likeness (QED) is 0.902. The molecular weight excluding hydrogens is 264 g/mol. The lowest BCUT2D eigenvalue weighted by atomic mass is 9.91. The Morgan fingerprint density at radius 1 is 1.05 bits per heavy atom. The lowest BCUT2D eigenvalue weighted by molar-refractivity contribution is -0.117. The van der Waals surface area contributed by atoms with E-state index in [1.165, 1.54) is 41.0 Å². The van der Waals surface area contributed by atoms with Gasteiger partial charge in [0.2, 0.25) is 5.91 Å². The van der Waals surface area contributed by atoms with Crippen LogP contribution in [0.5, 0.6) is 0 Å². The maximum Gasteiger partial charge on any atom is 0.227 e. The van der Waals surface area contributed by atoms with E-state index in [4.69, 9.17) is 4.98 Å². The van der Waals surface area contributed by atoms with Crippen molar-refractivity contribution in [2.45, 2.75) is 51.4 Å². The van der Waals surface area contributed by atoms with Crippen LogP contribution in [-0.2, 0) is 30.5 Å². The van der Waals surface area contributed by atoms with Crippen molar-refractivity contribution < 1.29 is 9.90 Å². The highest BCUT2D eigenvalue weighted by Gasteiger charge is 2.35. The highest BCUT2D eigenvalue weighted by molar-refractivity contribution is 5.97. The number of carbonyl (C=O) groups is 1. The maximum atomic E-state index is 12.4. The minimum Gasteiger partial charge on any atom is -0.396 e. The smallest absolute Gasteiger partial charge is 0.227 e. The van der Waals surface area contributed by atoms with Crippen LogP contribution in [-0.4, -0.2) is 29.1 Å². The molecule has 2 heterocycles. The molecule has 0 saturated carbocycles. The number of hydrogen-bond donors (Lipinski definition) is 1. The topological polar surface area (TPSA) is 53.4 Å². The van der Waals surface area contributed by atoms with Gasteiger partial charge in [-0.05, 0) is 56.1 Å². The first-order valence-electron chi connectivity index (χ1n) is 8.22. The summed E-state index contributed by atoms with van der Waals surface area (Å²) in [5, 5.41) is 9.39. The summed E-state index contributed by atoms with van der Waals surface area (Å²) >= 11 is 0. The number of carbonyl (C=O) groups excluding carboxylic acids is 1. The van der Waals surface area contributed by atoms with Gasteiger partial charge < -0.3 is 10.0 Å². The molecule has 1 amide bonds. The molecule has 112 valence electrons. The van der Waals surface area contributed by atoms with Gasteiger partial charge in [-0.2, -0.15) is 0 Å². The summed E-state index contributed by atoms with van der Waals surface area (Å²) < 4.78 is 0. The minimum atomic E-state index is 0.0990. The van der Waals surface area contributed by atoms with Crippen molar-refractivity contribution >= 4 is 11.6 Å². The Balaban J connectivity index is 1.84. The predicted octanol–water partition coefficient (Wildman–Crippen LogP) is 1.79. The average Bonchev–Trinajstić information content (AvgIpc) is 3.11. The molecule has 2 aliphatic carbocycles. The first-order valence-corrected chi connectivity index (χ1v) is 8.22. The summed E-state index contributed by atoms with van der Waals surface area (Å²) in [6.45, 7) is 0.788. The summed E-state index contributed by atoms with van der Waals surface area (Å²) in [5.74, 6) is 0.282. The lowest BCUT2D eigenvalue weighted by Crippen LogP contribution is -2.29. The Morgan fingerprint density at radius 2 is 1.71 bits per heavy atom. The van der Waals surface area contributed by atoms with Crippen molar-refractivity contribution in [3.8, 4) is 0 Å². The fourth-order valence-electron chi connectivity index (χ4n) is 4.16. The van der Waals surface area contributed by atoms with Gasteiger partial charge in [0.25, 0.3) is 0 Å². The molecule has 4 nitrogen and oxygen atoms in total. The van der Waals surface area contributed by atoms with Crippen molar-refractivity contribution in [2.24, 2.45) is 5.92 Å². The molecule has 0 bridgehead atoms. The Morgan fingerprint density at radius 3 is 2.43 bits per heavy atom. The molecule has 3 aliphatic rings. The van der Waals surface area contributed by atoms with E-state index in [1.807, 2.05) is 4.90 Å². The number of fused-ring (bicyclic) bond motifs is 2. The van der Waals surface area contributed by atoms with Gasteiger partial charge in [-0.3, -0.25) is 9.78 Å². The summed E-state index contributed by atoms with van der Waals surface area (Å²) in [4.78, 5) is 19.3.